The van der Waals surface area contributed by atoms with Crippen LogP contribution < -0.4 is 5.32 Å². The molecular weight excluding hydrogens is 275 g/mol. The Morgan fingerprint density at radius 1 is 1.47 bits per heavy atom. The van der Waals surface area contributed by atoms with E-state index in [1.165, 1.54) is 29.1 Å². The fourth-order valence-electron chi connectivity index (χ4n) is 1.78. The van der Waals surface area contributed by atoms with Gasteiger partial charge in [-0.15, -0.1) is 11.3 Å². The Balaban J connectivity index is 1.82. The van der Waals surface area contributed by atoms with Crippen molar-refractivity contribution in [2.24, 2.45) is 0 Å². The van der Waals surface area contributed by atoms with Gasteiger partial charge in [-0.25, -0.2) is 4.98 Å². The Morgan fingerprint density at radius 2 is 2.21 bits per heavy atom. The molecule has 1 aromatic rings. The highest BCUT2D eigenvalue weighted by Gasteiger charge is 2.30. The summed E-state index contributed by atoms with van der Waals surface area (Å²) in [4.78, 5) is 5.73. The zero-order valence-electron chi connectivity index (χ0n) is 10.8. The first-order valence-corrected chi connectivity index (χ1v) is 7.30. The van der Waals surface area contributed by atoms with Crippen molar-refractivity contribution in [1.82, 2.24) is 15.2 Å². The number of nitrogens with zero attached hydrogens (tertiary/aromatic N) is 2. The van der Waals surface area contributed by atoms with E-state index in [1.54, 1.807) is 6.92 Å². The molecule has 1 aromatic heterocycles. The first kappa shape index (κ1) is 14.7. The second-order valence-electron chi connectivity index (χ2n) is 4.81. The number of halogens is 3. The number of nitrogens with one attached hydrogen (secondary N) is 1. The summed E-state index contributed by atoms with van der Waals surface area (Å²) < 4.78 is 37.0. The molecule has 1 aliphatic rings. The lowest BCUT2D eigenvalue weighted by atomic mass is 10.4. The monoisotopic (exact) mass is 293 g/mol. The Bertz CT molecular complexity index is 401. The van der Waals surface area contributed by atoms with Gasteiger partial charge >= 0.3 is 6.18 Å². The van der Waals surface area contributed by atoms with Crippen LogP contribution >= 0.6 is 11.3 Å². The van der Waals surface area contributed by atoms with Gasteiger partial charge < -0.3 is 5.32 Å². The maximum Gasteiger partial charge on any atom is 0.401 e. The molecule has 0 unspecified atom stereocenters. The molecule has 1 saturated carbocycles. The second kappa shape index (κ2) is 6.19. The van der Waals surface area contributed by atoms with E-state index in [2.05, 4.69) is 10.3 Å². The first-order chi connectivity index (χ1) is 8.96. The van der Waals surface area contributed by atoms with E-state index in [0.717, 1.165) is 17.2 Å². The molecule has 1 fully saturated rings. The molecule has 0 atom stereocenters. The van der Waals surface area contributed by atoms with Crippen molar-refractivity contribution < 1.29 is 13.2 Å². The van der Waals surface area contributed by atoms with Crippen LogP contribution in [0.1, 0.15) is 30.5 Å². The van der Waals surface area contributed by atoms with Crippen LogP contribution in [0.3, 0.4) is 0 Å². The topological polar surface area (TPSA) is 28.2 Å². The molecule has 2 rings (SSSR count). The SMILES string of the molecule is CCN(Cc1csc(CNC2CC2)n1)CC(F)(F)F. The molecule has 108 valence electrons. The molecule has 0 aromatic carbocycles. The molecule has 1 N–H and O–H groups in total. The Labute approximate surface area is 114 Å². The van der Waals surface area contributed by atoms with Crippen molar-refractivity contribution in [1.29, 1.82) is 0 Å². The van der Waals surface area contributed by atoms with Crippen molar-refractivity contribution in [2.75, 3.05) is 13.1 Å². The quantitative estimate of drug-likeness (QED) is 0.838. The maximum atomic E-state index is 12.3. The number of hydrogen-bond donors (Lipinski definition) is 1. The number of hydrogen-bond acceptors (Lipinski definition) is 4. The highest BCUT2D eigenvalue weighted by Crippen LogP contribution is 2.21. The molecule has 0 amide bonds. The van der Waals surface area contributed by atoms with Gasteiger partial charge in [0.25, 0.3) is 0 Å². The van der Waals surface area contributed by atoms with Gasteiger partial charge in [-0.3, -0.25) is 4.90 Å². The van der Waals surface area contributed by atoms with Crippen molar-refractivity contribution in [3.05, 3.63) is 16.1 Å². The lowest BCUT2D eigenvalue weighted by Crippen LogP contribution is -2.33. The summed E-state index contributed by atoms with van der Waals surface area (Å²) in [6.45, 7) is 2.20. The Kier molecular flexibility index (Phi) is 4.81. The van der Waals surface area contributed by atoms with E-state index in [-0.39, 0.29) is 6.54 Å². The molecule has 1 aliphatic carbocycles. The van der Waals surface area contributed by atoms with Crippen LogP contribution in [0.2, 0.25) is 0 Å². The molecular formula is C12H18F3N3S. The average molecular weight is 293 g/mol. The molecule has 3 nitrogen and oxygen atoms in total. The van der Waals surface area contributed by atoms with Gasteiger partial charge in [-0.2, -0.15) is 13.2 Å². The lowest BCUT2D eigenvalue weighted by molar-refractivity contribution is -0.146. The number of thiazole rings is 1. The van der Waals surface area contributed by atoms with Crippen LogP contribution in [0, 0.1) is 0 Å². The molecule has 1 heterocycles. The van der Waals surface area contributed by atoms with Crippen LogP contribution in [0.4, 0.5) is 13.2 Å². The van der Waals surface area contributed by atoms with Gasteiger partial charge in [-0.1, -0.05) is 6.92 Å². The van der Waals surface area contributed by atoms with E-state index in [1.807, 2.05) is 5.38 Å². The maximum absolute atomic E-state index is 12.3. The molecule has 0 saturated heterocycles. The molecule has 7 heteroatoms. The molecule has 19 heavy (non-hydrogen) atoms. The lowest BCUT2D eigenvalue weighted by Gasteiger charge is -2.20. The summed E-state index contributed by atoms with van der Waals surface area (Å²) in [5, 5.41) is 6.15. The summed E-state index contributed by atoms with van der Waals surface area (Å²) >= 11 is 1.51. The Morgan fingerprint density at radius 3 is 2.79 bits per heavy atom. The third-order valence-corrected chi connectivity index (χ3v) is 3.85. The summed E-state index contributed by atoms with van der Waals surface area (Å²) in [5.74, 6) is 0. The highest BCUT2D eigenvalue weighted by molar-refractivity contribution is 7.09. The summed E-state index contributed by atoms with van der Waals surface area (Å²) in [6.07, 6.45) is -1.72. The number of aromatic nitrogens is 1. The van der Waals surface area contributed by atoms with Crippen LogP contribution in [-0.2, 0) is 13.1 Å². The molecule has 0 bridgehead atoms. The second-order valence-corrected chi connectivity index (χ2v) is 5.75. The minimum atomic E-state index is -4.15. The first-order valence-electron chi connectivity index (χ1n) is 6.42. The number of rotatable bonds is 7. The molecule has 0 radical (unpaired) electrons. The smallest absolute Gasteiger partial charge is 0.308 e. The minimum Gasteiger partial charge on any atom is -0.308 e. The average Bonchev–Trinajstić information content (AvgIpc) is 3.05. The molecule has 0 aliphatic heterocycles. The zero-order chi connectivity index (χ0) is 13.9. The van der Waals surface area contributed by atoms with Crippen molar-refractivity contribution in [3.8, 4) is 0 Å². The van der Waals surface area contributed by atoms with E-state index in [4.69, 9.17) is 0 Å². The fraction of sp³-hybridized carbons (Fsp3) is 0.750. The number of alkyl halides is 3. The van der Waals surface area contributed by atoms with E-state index < -0.39 is 12.7 Å². The zero-order valence-corrected chi connectivity index (χ0v) is 11.7. The predicted octanol–water partition coefficient (Wildman–Crippen LogP) is 2.78. The Hall–Kier alpha value is -0.660. The van der Waals surface area contributed by atoms with Crippen molar-refractivity contribution >= 4 is 11.3 Å². The third-order valence-electron chi connectivity index (χ3n) is 2.95. The van der Waals surface area contributed by atoms with Gasteiger partial charge in [0.1, 0.15) is 5.01 Å². The van der Waals surface area contributed by atoms with Crippen LogP contribution in [-0.4, -0.2) is 35.2 Å². The van der Waals surface area contributed by atoms with Gasteiger partial charge in [-0.05, 0) is 19.4 Å². The standard InChI is InChI=1S/C12H18F3N3S/c1-2-18(8-12(13,14)15)6-10-7-19-11(17-10)5-16-9-3-4-9/h7,9,16H,2-6,8H2,1H3. The van der Waals surface area contributed by atoms with Crippen molar-refractivity contribution in [3.63, 3.8) is 0 Å². The van der Waals surface area contributed by atoms with Gasteiger partial charge in [0.15, 0.2) is 0 Å². The minimum absolute atomic E-state index is 0.260. The predicted molar refractivity (Wildman–Crippen MR) is 69.0 cm³/mol. The van der Waals surface area contributed by atoms with Gasteiger partial charge in [0.05, 0.1) is 12.2 Å². The van der Waals surface area contributed by atoms with Crippen LogP contribution in [0.25, 0.3) is 0 Å². The largest absolute Gasteiger partial charge is 0.401 e. The molecule has 0 spiro atoms. The van der Waals surface area contributed by atoms with Crippen LogP contribution in [0.15, 0.2) is 5.38 Å². The third kappa shape index (κ3) is 5.46. The summed E-state index contributed by atoms with van der Waals surface area (Å²) in [6, 6.07) is 0.615. The highest BCUT2D eigenvalue weighted by atomic mass is 32.1. The van der Waals surface area contributed by atoms with E-state index in [0.29, 0.717) is 12.6 Å². The van der Waals surface area contributed by atoms with Crippen LogP contribution in [0.5, 0.6) is 0 Å². The summed E-state index contributed by atoms with van der Waals surface area (Å²) in [5.41, 5.74) is 0.726. The normalized spacial score (nSPS) is 16.3. The fourth-order valence-corrected chi connectivity index (χ4v) is 2.52. The summed E-state index contributed by atoms with van der Waals surface area (Å²) in [7, 11) is 0. The van der Waals surface area contributed by atoms with Crippen molar-refractivity contribution in [2.45, 2.75) is 45.1 Å². The van der Waals surface area contributed by atoms with E-state index in [9.17, 15) is 13.2 Å². The van der Waals surface area contributed by atoms with Gasteiger partial charge in [0, 0.05) is 24.5 Å². The van der Waals surface area contributed by atoms with Gasteiger partial charge in [0.2, 0.25) is 0 Å². The van der Waals surface area contributed by atoms with E-state index >= 15 is 0 Å².